The Morgan fingerprint density at radius 1 is 1.03 bits per heavy atom. The van der Waals surface area contributed by atoms with Gasteiger partial charge in [0.15, 0.2) is 5.82 Å². The third kappa shape index (κ3) is 3.81. The summed E-state index contributed by atoms with van der Waals surface area (Å²) < 4.78 is 13.2. The zero-order valence-corrected chi connectivity index (χ0v) is 19.3. The molecule has 3 aromatic rings. The van der Waals surface area contributed by atoms with Crippen LogP contribution in [0.3, 0.4) is 0 Å². The highest BCUT2D eigenvalue weighted by Gasteiger charge is 2.31. The van der Waals surface area contributed by atoms with Gasteiger partial charge in [0.25, 0.3) is 0 Å². The fraction of sp³-hybridized carbons (Fsp3) is 0.440. The molecule has 1 fully saturated rings. The Morgan fingerprint density at radius 2 is 1.78 bits per heavy atom. The SMILES string of the molecule is COc1ccc(CN2Cn3c(C(C)(C)C)cnc3-c3ncc(N4CCOCC4)cc32)cc1. The van der Waals surface area contributed by atoms with E-state index in [-0.39, 0.29) is 5.41 Å². The average molecular weight is 434 g/mol. The molecule has 32 heavy (non-hydrogen) atoms. The standard InChI is InChI=1S/C25H31N5O2/c1-25(2,3)22-15-27-24-23-21(13-19(14-26-23)28-9-11-32-12-10-28)29(17-30(22)24)16-18-5-7-20(31-4)8-6-18/h5-8,13-15H,9-12,16-17H2,1-4H3. The molecule has 0 amide bonds. The van der Waals surface area contributed by atoms with Gasteiger partial charge < -0.3 is 23.8 Å². The number of anilines is 2. The predicted octanol–water partition coefficient (Wildman–Crippen LogP) is 4.07. The van der Waals surface area contributed by atoms with E-state index in [9.17, 15) is 0 Å². The molecule has 4 heterocycles. The van der Waals surface area contributed by atoms with Crippen molar-refractivity contribution in [2.45, 2.75) is 39.4 Å². The largest absolute Gasteiger partial charge is 0.497 e. The first-order valence-corrected chi connectivity index (χ1v) is 11.2. The van der Waals surface area contributed by atoms with E-state index < -0.39 is 0 Å². The third-order valence-electron chi connectivity index (χ3n) is 6.25. The molecule has 0 aliphatic carbocycles. The summed E-state index contributed by atoms with van der Waals surface area (Å²) in [5.74, 6) is 1.82. The summed E-state index contributed by atoms with van der Waals surface area (Å²) in [6, 6.07) is 10.6. The highest BCUT2D eigenvalue weighted by atomic mass is 16.5. The van der Waals surface area contributed by atoms with Crippen LogP contribution in [-0.4, -0.2) is 47.9 Å². The van der Waals surface area contributed by atoms with Gasteiger partial charge in [0, 0.05) is 36.9 Å². The summed E-state index contributed by atoms with van der Waals surface area (Å²) in [6.45, 7) is 11.5. The van der Waals surface area contributed by atoms with Crippen LogP contribution in [-0.2, 0) is 23.4 Å². The minimum Gasteiger partial charge on any atom is -0.497 e. The molecule has 2 aliphatic rings. The van der Waals surface area contributed by atoms with Gasteiger partial charge in [-0.25, -0.2) is 9.97 Å². The van der Waals surface area contributed by atoms with Crippen LogP contribution >= 0.6 is 0 Å². The summed E-state index contributed by atoms with van der Waals surface area (Å²) in [4.78, 5) is 14.5. The van der Waals surface area contributed by atoms with Crippen LogP contribution in [0.15, 0.2) is 42.7 Å². The van der Waals surface area contributed by atoms with Gasteiger partial charge in [0.1, 0.15) is 11.4 Å². The maximum atomic E-state index is 5.54. The fourth-order valence-corrected chi connectivity index (χ4v) is 4.49. The number of pyridine rings is 1. The lowest BCUT2D eigenvalue weighted by atomic mass is 9.92. The minimum atomic E-state index is 0.00226. The molecule has 0 bridgehead atoms. The van der Waals surface area contributed by atoms with E-state index in [1.165, 1.54) is 11.3 Å². The van der Waals surface area contributed by atoms with Gasteiger partial charge >= 0.3 is 0 Å². The number of fused-ring (bicyclic) bond motifs is 3. The molecule has 2 aromatic heterocycles. The van der Waals surface area contributed by atoms with E-state index in [2.05, 4.69) is 53.3 Å². The van der Waals surface area contributed by atoms with Crippen molar-refractivity contribution in [2.24, 2.45) is 0 Å². The van der Waals surface area contributed by atoms with Crippen molar-refractivity contribution in [3.05, 3.63) is 54.0 Å². The first-order chi connectivity index (χ1) is 15.4. The normalized spacial score (nSPS) is 16.0. The molecule has 0 unspecified atom stereocenters. The van der Waals surface area contributed by atoms with Gasteiger partial charge in [-0.15, -0.1) is 0 Å². The zero-order valence-electron chi connectivity index (χ0n) is 19.3. The van der Waals surface area contributed by atoms with E-state index in [0.29, 0.717) is 0 Å². The minimum absolute atomic E-state index is 0.00226. The quantitative estimate of drug-likeness (QED) is 0.618. The summed E-state index contributed by atoms with van der Waals surface area (Å²) in [5, 5.41) is 0. The van der Waals surface area contributed by atoms with Gasteiger partial charge in [-0.05, 0) is 23.8 Å². The lowest BCUT2D eigenvalue weighted by Gasteiger charge is -2.36. The monoisotopic (exact) mass is 433 g/mol. The number of imidazole rings is 1. The topological polar surface area (TPSA) is 55.7 Å². The van der Waals surface area contributed by atoms with Crippen LogP contribution in [0.1, 0.15) is 32.0 Å². The first-order valence-electron chi connectivity index (χ1n) is 11.2. The van der Waals surface area contributed by atoms with E-state index >= 15 is 0 Å². The average Bonchev–Trinajstić information content (AvgIpc) is 3.24. The molecule has 0 spiro atoms. The number of methoxy groups -OCH3 is 1. The molecule has 0 N–H and O–H groups in total. The Hall–Kier alpha value is -3.06. The second-order valence-corrected chi connectivity index (χ2v) is 9.49. The molecule has 1 aromatic carbocycles. The van der Waals surface area contributed by atoms with Crippen LogP contribution in [0.2, 0.25) is 0 Å². The van der Waals surface area contributed by atoms with Crippen molar-refractivity contribution >= 4 is 11.4 Å². The molecule has 7 nitrogen and oxygen atoms in total. The number of benzene rings is 1. The van der Waals surface area contributed by atoms with Crippen LogP contribution in [0, 0.1) is 0 Å². The highest BCUT2D eigenvalue weighted by molar-refractivity contribution is 5.76. The van der Waals surface area contributed by atoms with Gasteiger partial charge in [0.05, 0.1) is 44.6 Å². The molecule has 7 heteroatoms. The maximum absolute atomic E-state index is 5.54. The number of nitrogens with zero attached hydrogens (tertiary/aromatic N) is 5. The number of morpholine rings is 1. The molecule has 1 saturated heterocycles. The molecule has 2 aliphatic heterocycles. The Balaban J connectivity index is 1.56. The lowest BCUT2D eigenvalue weighted by Crippen LogP contribution is -2.37. The van der Waals surface area contributed by atoms with Crippen LogP contribution in [0.5, 0.6) is 5.75 Å². The van der Waals surface area contributed by atoms with E-state index in [1.54, 1.807) is 7.11 Å². The van der Waals surface area contributed by atoms with Crippen molar-refractivity contribution in [1.29, 1.82) is 0 Å². The maximum Gasteiger partial charge on any atom is 0.162 e. The van der Waals surface area contributed by atoms with Crippen molar-refractivity contribution in [3.63, 3.8) is 0 Å². The Kier molecular flexibility index (Phi) is 5.29. The third-order valence-corrected chi connectivity index (χ3v) is 6.25. The molecule has 168 valence electrons. The van der Waals surface area contributed by atoms with E-state index in [0.717, 1.165) is 68.2 Å². The van der Waals surface area contributed by atoms with Crippen LogP contribution < -0.4 is 14.5 Å². The van der Waals surface area contributed by atoms with Gasteiger partial charge in [0.2, 0.25) is 0 Å². The summed E-state index contributed by atoms with van der Waals surface area (Å²) in [7, 11) is 1.70. The molecule has 0 atom stereocenters. The summed E-state index contributed by atoms with van der Waals surface area (Å²) in [6.07, 6.45) is 3.99. The van der Waals surface area contributed by atoms with Gasteiger partial charge in [-0.1, -0.05) is 32.9 Å². The van der Waals surface area contributed by atoms with E-state index in [4.69, 9.17) is 19.4 Å². The molecule has 5 rings (SSSR count). The Bertz CT molecular complexity index is 1090. The van der Waals surface area contributed by atoms with E-state index in [1.807, 2.05) is 24.5 Å². The second kappa shape index (κ2) is 8.13. The number of aromatic nitrogens is 3. The van der Waals surface area contributed by atoms with Crippen molar-refractivity contribution in [3.8, 4) is 17.3 Å². The fourth-order valence-electron chi connectivity index (χ4n) is 4.49. The number of hydrogen-bond donors (Lipinski definition) is 0. The van der Waals surface area contributed by atoms with Gasteiger partial charge in [-0.2, -0.15) is 0 Å². The molecule has 0 saturated carbocycles. The molecular formula is C25H31N5O2. The summed E-state index contributed by atoms with van der Waals surface area (Å²) >= 11 is 0. The van der Waals surface area contributed by atoms with Crippen molar-refractivity contribution in [1.82, 2.24) is 14.5 Å². The van der Waals surface area contributed by atoms with Crippen molar-refractivity contribution in [2.75, 3.05) is 43.2 Å². The number of rotatable bonds is 4. The Morgan fingerprint density at radius 3 is 2.47 bits per heavy atom. The first kappa shape index (κ1) is 20.8. The lowest BCUT2D eigenvalue weighted by molar-refractivity contribution is 0.122. The highest BCUT2D eigenvalue weighted by Crippen LogP contribution is 2.39. The second-order valence-electron chi connectivity index (χ2n) is 9.49. The van der Waals surface area contributed by atoms with Crippen LogP contribution in [0.4, 0.5) is 11.4 Å². The van der Waals surface area contributed by atoms with Crippen LogP contribution in [0.25, 0.3) is 11.5 Å². The zero-order chi connectivity index (χ0) is 22.3. The van der Waals surface area contributed by atoms with Gasteiger partial charge in [-0.3, -0.25) is 0 Å². The number of hydrogen-bond acceptors (Lipinski definition) is 6. The summed E-state index contributed by atoms with van der Waals surface area (Å²) in [5.41, 5.74) is 5.66. The Labute approximate surface area is 189 Å². The smallest absolute Gasteiger partial charge is 0.162 e. The molecule has 0 radical (unpaired) electrons. The molecular weight excluding hydrogens is 402 g/mol. The predicted molar refractivity (Wildman–Crippen MR) is 126 cm³/mol. The number of ether oxygens (including phenoxy) is 2. The van der Waals surface area contributed by atoms with Crippen molar-refractivity contribution < 1.29 is 9.47 Å².